The summed E-state index contributed by atoms with van der Waals surface area (Å²) in [5.74, 6) is 2.69. The molecule has 12 N–H and O–H groups in total. The summed E-state index contributed by atoms with van der Waals surface area (Å²) in [6.07, 6.45) is -23.7. The fourth-order valence-corrected chi connectivity index (χ4v) is 16.0. The molecule has 10 fully saturated rings. The van der Waals surface area contributed by atoms with Gasteiger partial charge in [-0.1, -0.05) is 27.7 Å². The summed E-state index contributed by atoms with van der Waals surface area (Å²) in [5, 5.41) is 129. The largest absolute Gasteiger partial charge is 0.394 e. The van der Waals surface area contributed by atoms with Crippen molar-refractivity contribution in [3.8, 4) is 0 Å². The van der Waals surface area contributed by atoms with E-state index in [1.165, 1.54) is 6.92 Å². The standard InChI is InChI=1S/C51H84O22/c1-20-8-13-51(65-18-20)21(2)32-28(73-51)15-27-25-7-6-23-14-24(9-11-49(23,4)26(25)10-12-50(27,32)5)67-48-44(72-47-41(62)38(59)35(56)30(17-53)69-47)42(63)43(71-46-40(61)36(57)33(54)22(3)66-46)31(70-48)19-64-45-39(60)37(58)34(55)29(16-52)68-45/h20-48,52-63H,6-19H2,1-5H3/t20-,21+,22+,23-,24+,25-,26+,27+,28+,29-,30-,31-,32+,33+,34-,35-,36-,37+,38+,39-,40-,41-,42+,43-,44-,45-,46+,47+,48-,49+,50+,51-/m1/s1. The summed E-state index contributed by atoms with van der Waals surface area (Å²) in [7, 11) is 0. The van der Waals surface area contributed by atoms with E-state index in [1.807, 2.05) is 0 Å². The first-order valence-corrected chi connectivity index (χ1v) is 27.2. The second kappa shape index (κ2) is 21.3. The maximum absolute atomic E-state index is 12.5. The maximum atomic E-state index is 12.5. The normalized spacial score (nSPS) is 58.2. The third-order valence-corrected chi connectivity index (χ3v) is 20.3. The van der Waals surface area contributed by atoms with Gasteiger partial charge in [0.15, 0.2) is 30.9 Å². The van der Waals surface area contributed by atoms with E-state index in [-0.39, 0.29) is 22.9 Å². The Balaban J connectivity index is 0.890. The minimum atomic E-state index is -1.90. The van der Waals surface area contributed by atoms with Crippen LogP contribution in [0.3, 0.4) is 0 Å². The van der Waals surface area contributed by atoms with Gasteiger partial charge in [-0.3, -0.25) is 0 Å². The first-order chi connectivity index (χ1) is 34.6. The van der Waals surface area contributed by atoms with Crippen molar-refractivity contribution >= 4 is 0 Å². The van der Waals surface area contributed by atoms with Gasteiger partial charge in [0.1, 0.15) is 91.6 Å². The van der Waals surface area contributed by atoms with Crippen LogP contribution < -0.4 is 0 Å². The molecule has 32 atom stereocenters. The molecular weight excluding hydrogens is 965 g/mol. The van der Waals surface area contributed by atoms with Crippen molar-refractivity contribution in [1.29, 1.82) is 0 Å². The van der Waals surface area contributed by atoms with Crippen LogP contribution in [0.5, 0.6) is 0 Å². The fourth-order valence-electron chi connectivity index (χ4n) is 16.0. The zero-order valence-corrected chi connectivity index (χ0v) is 42.6. The van der Waals surface area contributed by atoms with E-state index in [2.05, 4.69) is 27.7 Å². The number of aliphatic hydroxyl groups excluding tert-OH is 12. The molecule has 4 aliphatic carbocycles. The Bertz CT molecular complexity index is 1860. The first-order valence-electron chi connectivity index (χ1n) is 27.2. The lowest BCUT2D eigenvalue weighted by Crippen LogP contribution is -2.67. The van der Waals surface area contributed by atoms with Gasteiger partial charge in [0.2, 0.25) is 0 Å². The number of fused-ring (bicyclic) bond motifs is 7. The zero-order chi connectivity index (χ0) is 52.2. The Hall–Kier alpha value is -0.880. The second-order valence-corrected chi connectivity index (χ2v) is 24.4. The van der Waals surface area contributed by atoms with E-state index in [1.54, 1.807) is 0 Å². The first kappa shape index (κ1) is 55.4. The maximum Gasteiger partial charge on any atom is 0.187 e. The van der Waals surface area contributed by atoms with Crippen LogP contribution in [0.25, 0.3) is 0 Å². The van der Waals surface area contributed by atoms with Crippen LogP contribution in [0.1, 0.15) is 98.8 Å². The number of rotatable bonds is 11. The van der Waals surface area contributed by atoms with Crippen LogP contribution in [0.15, 0.2) is 0 Å². The molecule has 0 aromatic heterocycles. The van der Waals surface area contributed by atoms with Crippen LogP contribution >= 0.6 is 0 Å². The number of hydrogen-bond acceptors (Lipinski definition) is 22. The number of hydrogen-bond donors (Lipinski definition) is 12. The molecule has 6 aliphatic heterocycles. The predicted molar refractivity (Wildman–Crippen MR) is 247 cm³/mol. The van der Waals surface area contributed by atoms with Crippen molar-refractivity contribution in [2.45, 2.75) is 240 Å². The minimum Gasteiger partial charge on any atom is -0.394 e. The van der Waals surface area contributed by atoms with Crippen LogP contribution in [0.2, 0.25) is 0 Å². The monoisotopic (exact) mass is 1050 g/mol. The van der Waals surface area contributed by atoms with Crippen molar-refractivity contribution in [2.24, 2.45) is 52.3 Å². The highest BCUT2D eigenvalue weighted by molar-refractivity contribution is 5.15. The second-order valence-electron chi connectivity index (χ2n) is 24.4. The van der Waals surface area contributed by atoms with Crippen molar-refractivity contribution in [1.82, 2.24) is 0 Å². The predicted octanol–water partition coefficient (Wildman–Crippen LogP) is -1.88. The van der Waals surface area contributed by atoms with E-state index < -0.39 is 155 Å². The van der Waals surface area contributed by atoms with Crippen LogP contribution in [0.4, 0.5) is 0 Å². The van der Waals surface area contributed by atoms with Crippen molar-refractivity contribution in [3.63, 3.8) is 0 Å². The summed E-state index contributed by atoms with van der Waals surface area (Å²) < 4.78 is 62.5. The van der Waals surface area contributed by atoms with Crippen molar-refractivity contribution < 1.29 is 109 Å². The van der Waals surface area contributed by atoms with Crippen LogP contribution in [-0.4, -0.2) is 229 Å². The van der Waals surface area contributed by atoms with Gasteiger partial charge in [0, 0.05) is 12.3 Å². The molecule has 0 radical (unpaired) electrons. The van der Waals surface area contributed by atoms with Crippen LogP contribution in [0, 0.1) is 52.3 Å². The van der Waals surface area contributed by atoms with E-state index in [9.17, 15) is 61.3 Å². The molecule has 73 heavy (non-hydrogen) atoms. The molecule has 0 bridgehead atoms. The third kappa shape index (κ3) is 9.60. The summed E-state index contributed by atoms with van der Waals surface area (Å²) in [5.41, 5.74) is 0.166. The molecule has 22 heteroatoms. The van der Waals surface area contributed by atoms with E-state index >= 15 is 0 Å². The van der Waals surface area contributed by atoms with Gasteiger partial charge in [-0.2, -0.15) is 0 Å². The van der Waals surface area contributed by atoms with Gasteiger partial charge in [-0.15, -0.1) is 0 Å². The van der Waals surface area contributed by atoms with Gasteiger partial charge >= 0.3 is 0 Å². The third-order valence-electron chi connectivity index (χ3n) is 20.3. The summed E-state index contributed by atoms with van der Waals surface area (Å²) >= 11 is 0. The lowest BCUT2D eigenvalue weighted by Gasteiger charge is -2.61. The SMILES string of the molecule is C[C@@H]1CC[C@@]2(OC1)O[C@H]1C[C@H]3[C@@H]4CC[C@@H]5C[C@@H](O[C@@H]6O[C@H](CO[C@@H]7O[C@H](CO)[C@@H](O)[C@H](O)[C@H]7O)[C@@H](O[C@@H]7O[C@@H](C)[C@H](O)[C@@H](O)[C@H]7O)[C@H](O)[C@H]6O[C@@H]6O[C@H](CO)[C@@H](O)[C@H](O)[C@H]6O)CC[C@]5(C)[C@H]4CC[C@]3(C)[C@H]1[C@@H]2C. The summed E-state index contributed by atoms with van der Waals surface area (Å²) in [6.45, 7) is 9.64. The lowest BCUT2D eigenvalue weighted by atomic mass is 9.44. The zero-order valence-electron chi connectivity index (χ0n) is 42.6. The summed E-state index contributed by atoms with van der Waals surface area (Å²) in [4.78, 5) is 0. The molecule has 10 aliphatic rings. The molecule has 6 heterocycles. The molecule has 0 amide bonds. The molecule has 22 nitrogen and oxygen atoms in total. The van der Waals surface area contributed by atoms with Gasteiger partial charge in [0.05, 0.1) is 44.7 Å². The Morgan fingerprint density at radius 1 is 0.521 bits per heavy atom. The molecule has 0 aromatic rings. The van der Waals surface area contributed by atoms with Crippen molar-refractivity contribution in [3.05, 3.63) is 0 Å². The Labute approximate surface area is 426 Å². The van der Waals surface area contributed by atoms with Gasteiger partial charge in [-0.05, 0) is 111 Å². The van der Waals surface area contributed by atoms with Gasteiger partial charge in [0.25, 0.3) is 0 Å². The highest BCUT2D eigenvalue weighted by atomic mass is 16.8. The summed E-state index contributed by atoms with van der Waals surface area (Å²) in [6, 6.07) is 0. The molecule has 10 rings (SSSR count). The Kier molecular flexibility index (Phi) is 16.2. The topological polar surface area (TPSA) is 335 Å². The molecular formula is C51H84O22. The average Bonchev–Trinajstić information content (AvgIpc) is 3.82. The molecule has 420 valence electrons. The lowest BCUT2D eigenvalue weighted by molar-refractivity contribution is -0.395. The van der Waals surface area contributed by atoms with Gasteiger partial charge < -0.3 is 109 Å². The van der Waals surface area contributed by atoms with Crippen LogP contribution in [-0.2, 0) is 47.4 Å². The highest BCUT2D eigenvalue weighted by Gasteiger charge is 2.69. The van der Waals surface area contributed by atoms with E-state index in [4.69, 9.17) is 47.4 Å². The smallest absolute Gasteiger partial charge is 0.187 e. The fraction of sp³-hybridized carbons (Fsp3) is 1.00. The van der Waals surface area contributed by atoms with Gasteiger partial charge in [-0.25, -0.2) is 0 Å². The quantitative estimate of drug-likeness (QED) is 0.101. The van der Waals surface area contributed by atoms with E-state index in [0.29, 0.717) is 48.3 Å². The van der Waals surface area contributed by atoms with E-state index in [0.717, 1.165) is 58.0 Å². The minimum absolute atomic E-state index is 0.00805. The number of ether oxygens (including phenoxy) is 10. The molecule has 0 unspecified atom stereocenters. The molecule has 0 aromatic carbocycles. The molecule has 1 spiro atoms. The number of aliphatic hydroxyl groups is 12. The highest BCUT2D eigenvalue weighted by Crippen LogP contribution is 2.71. The Morgan fingerprint density at radius 3 is 1.78 bits per heavy atom. The average molecular weight is 1050 g/mol. The van der Waals surface area contributed by atoms with Crippen molar-refractivity contribution in [2.75, 3.05) is 26.4 Å². The molecule has 6 saturated heterocycles. The molecule has 4 saturated carbocycles. The Morgan fingerprint density at radius 2 is 1.12 bits per heavy atom.